The Labute approximate surface area is 92.6 Å². The van der Waals surface area contributed by atoms with E-state index in [9.17, 15) is 4.79 Å². The van der Waals surface area contributed by atoms with E-state index in [0.717, 1.165) is 6.42 Å². The summed E-state index contributed by atoms with van der Waals surface area (Å²) in [5.41, 5.74) is 12.0. The van der Waals surface area contributed by atoms with Crippen LogP contribution in [-0.4, -0.2) is 18.0 Å². The number of carbonyl (C=O) groups is 1. The minimum atomic E-state index is -0.491. The van der Waals surface area contributed by atoms with E-state index in [-0.39, 0.29) is 12.1 Å². The van der Waals surface area contributed by atoms with Crippen LogP contribution in [0.2, 0.25) is 5.02 Å². The van der Waals surface area contributed by atoms with Crippen LogP contribution in [0.5, 0.6) is 0 Å². The van der Waals surface area contributed by atoms with Crippen LogP contribution in [0.15, 0.2) is 18.2 Å². The van der Waals surface area contributed by atoms with Gasteiger partial charge in [-0.15, -0.1) is 0 Å². The monoisotopic (exact) mass is 225 g/mol. The summed E-state index contributed by atoms with van der Waals surface area (Å²) in [7, 11) is 0. The molecule has 1 aliphatic carbocycles. The highest BCUT2D eigenvalue weighted by Crippen LogP contribution is 2.27. The number of carbonyl (C=O) groups excluding carboxylic acids is 1. The lowest BCUT2D eigenvalue weighted by molar-refractivity contribution is 0.100. The van der Waals surface area contributed by atoms with E-state index in [1.54, 1.807) is 18.2 Å². The topological polar surface area (TPSA) is 81.1 Å². The number of nitrogens with one attached hydrogen (secondary N) is 1. The first-order valence-electron chi connectivity index (χ1n) is 4.69. The molecule has 0 aromatic heterocycles. The zero-order valence-corrected chi connectivity index (χ0v) is 8.79. The second-order valence-corrected chi connectivity index (χ2v) is 4.14. The Hall–Kier alpha value is -1.26. The molecular weight excluding hydrogens is 214 g/mol. The maximum Gasteiger partial charge on any atom is 0.250 e. The van der Waals surface area contributed by atoms with Crippen LogP contribution in [0.4, 0.5) is 5.69 Å². The molecule has 0 bridgehead atoms. The first kappa shape index (κ1) is 10.3. The van der Waals surface area contributed by atoms with Gasteiger partial charge in [0.1, 0.15) is 0 Å². The van der Waals surface area contributed by atoms with Crippen LogP contribution in [0.3, 0.4) is 0 Å². The molecule has 0 radical (unpaired) electrons. The highest BCUT2D eigenvalue weighted by Gasteiger charge is 2.33. The van der Waals surface area contributed by atoms with Crippen LogP contribution < -0.4 is 16.8 Å². The van der Waals surface area contributed by atoms with Crippen molar-refractivity contribution in [2.75, 3.05) is 5.32 Å². The normalized spacial score (nSPS) is 23.6. The first-order valence-corrected chi connectivity index (χ1v) is 5.07. The summed E-state index contributed by atoms with van der Waals surface area (Å²) in [6.07, 6.45) is 0.917. The second kappa shape index (κ2) is 3.72. The molecule has 5 N–H and O–H groups in total. The minimum Gasteiger partial charge on any atom is -0.380 e. The van der Waals surface area contributed by atoms with Crippen molar-refractivity contribution in [3.8, 4) is 0 Å². The summed E-state index contributed by atoms with van der Waals surface area (Å²) in [6, 6.07) is 5.42. The van der Waals surface area contributed by atoms with E-state index in [1.807, 2.05) is 0 Å². The van der Waals surface area contributed by atoms with E-state index in [1.165, 1.54) is 0 Å². The third-order valence-electron chi connectivity index (χ3n) is 2.43. The minimum absolute atomic E-state index is 0.168. The molecule has 4 nitrogen and oxygen atoms in total. The van der Waals surface area contributed by atoms with Crippen LogP contribution in [-0.2, 0) is 0 Å². The van der Waals surface area contributed by atoms with E-state index < -0.39 is 5.91 Å². The highest BCUT2D eigenvalue weighted by molar-refractivity contribution is 6.31. The lowest BCUT2D eigenvalue weighted by atomic mass is 10.1. The third kappa shape index (κ3) is 2.22. The molecule has 15 heavy (non-hydrogen) atoms. The fourth-order valence-corrected chi connectivity index (χ4v) is 1.60. The predicted molar refractivity (Wildman–Crippen MR) is 60.0 cm³/mol. The van der Waals surface area contributed by atoms with Crippen molar-refractivity contribution in [3.63, 3.8) is 0 Å². The largest absolute Gasteiger partial charge is 0.380 e. The van der Waals surface area contributed by atoms with Crippen molar-refractivity contribution >= 4 is 23.2 Å². The summed E-state index contributed by atoms with van der Waals surface area (Å²) >= 11 is 5.78. The molecule has 1 aliphatic rings. The lowest BCUT2D eigenvalue weighted by Gasteiger charge is -2.09. The van der Waals surface area contributed by atoms with Crippen molar-refractivity contribution in [1.82, 2.24) is 0 Å². The smallest absolute Gasteiger partial charge is 0.250 e. The van der Waals surface area contributed by atoms with Gasteiger partial charge in [-0.1, -0.05) is 11.6 Å². The van der Waals surface area contributed by atoms with Crippen molar-refractivity contribution < 1.29 is 4.79 Å². The number of hydrogen-bond donors (Lipinski definition) is 3. The summed E-state index contributed by atoms with van der Waals surface area (Å²) in [5, 5.41) is 3.65. The van der Waals surface area contributed by atoms with Crippen LogP contribution >= 0.6 is 11.6 Å². The average molecular weight is 226 g/mol. The van der Waals surface area contributed by atoms with Crippen molar-refractivity contribution in [2.45, 2.75) is 18.5 Å². The number of rotatable bonds is 3. The Morgan fingerprint density at radius 1 is 1.53 bits per heavy atom. The molecule has 0 saturated heterocycles. The summed E-state index contributed by atoms with van der Waals surface area (Å²) in [5.74, 6) is -0.491. The molecule has 1 saturated carbocycles. The van der Waals surface area contributed by atoms with Gasteiger partial charge in [0.05, 0.1) is 5.56 Å². The van der Waals surface area contributed by atoms with Gasteiger partial charge < -0.3 is 16.8 Å². The number of anilines is 1. The Morgan fingerprint density at radius 2 is 2.20 bits per heavy atom. The van der Waals surface area contributed by atoms with Gasteiger partial charge in [0, 0.05) is 22.8 Å². The molecule has 80 valence electrons. The molecule has 2 rings (SSSR count). The Bertz CT molecular complexity index is 408. The molecule has 1 aromatic rings. The number of hydrogen-bond acceptors (Lipinski definition) is 3. The van der Waals surface area contributed by atoms with Crippen LogP contribution in [0, 0.1) is 0 Å². The average Bonchev–Trinajstić information content (AvgIpc) is 2.85. The first-order chi connectivity index (χ1) is 7.08. The number of halogens is 1. The maximum absolute atomic E-state index is 11.1. The Kier molecular flexibility index (Phi) is 2.54. The molecule has 0 heterocycles. The second-order valence-electron chi connectivity index (χ2n) is 3.70. The zero-order valence-electron chi connectivity index (χ0n) is 8.03. The molecule has 1 aromatic carbocycles. The highest BCUT2D eigenvalue weighted by atomic mass is 35.5. The maximum atomic E-state index is 11.1. The van der Waals surface area contributed by atoms with Gasteiger partial charge >= 0.3 is 0 Å². The molecule has 2 atom stereocenters. The molecule has 5 heteroatoms. The quantitative estimate of drug-likeness (QED) is 0.717. The number of amides is 1. The predicted octanol–water partition coefficient (Wildman–Crippen LogP) is 0.950. The standard InChI is InChI=1S/C10H12ClN3O/c11-5-1-2-8(6(3-5)10(13)15)14-9-4-7(9)12/h1-3,7,9,14H,4,12H2,(H2,13,15). The van der Waals surface area contributed by atoms with Gasteiger partial charge in [0.2, 0.25) is 0 Å². The fourth-order valence-electron chi connectivity index (χ4n) is 1.43. The van der Waals surface area contributed by atoms with Gasteiger partial charge in [-0.25, -0.2) is 0 Å². The molecule has 0 spiro atoms. The molecule has 1 amide bonds. The Morgan fingerprint density at radius 3 is 2.73 bits per heavy atom. The lowest BCUT2D eigenvalue weighted by Crippen LogP contribution is -2.18. The van der Waals surface area contributed by atoms with Gasteiger partial charge in [0.25, 0.3) is 5.91 Å². The number of nitrogens with two attached hydrogens (primary N) is 2. The van der Waals surface area contributed by atoms with Gasteiger partial charge in [-0.3, -0.25) is 4.79 Å². The van der Waals surface area contributed by atoms with E-state index in [4.69, 9.17) is 23.1 Å². The van der Waals surface area contributed by atoms with E-state index in [0.29, 0.717) is 16.3 Å². The van der Waals surface area contributed by atoms with E-state index >= 15 is 0 Å². The summed E-state index contributed by atoms with van der Waals surface area (Å²) < 4.78 is 0. The molecule has 1 fully saturated rings. The SMILES string of the molecule is NC(=O)c1cc(Cl)ccc1NC1CC1N. The van der Waals surface area contributed by atoms with Crippen molar-refractivity contribution in [3.05, 3.63) is 28.8 Å². The van der Waals surface area contributed by atoms with Crippen molar-refractivity contribution in [1.29, 1.82) is 0 Å². The van der Waals surface area contributed by atoms with Gasteiger partial charge in [-0.05, 0) is 24.6 Å². The number of primary amides is 1. The summed E-state index contributed by atoms with van der Waals surface area (Å²) in [6.45, 7) is 0. The summed E-state index contributed by atoms with van der Waals surface area (Å²) in [4.78, 5) is 11.1. The van der Waals surface area contributed by atoms with Crippen molar-refractivity contribution in [2.24, 2.45) is 11.5 Å². The molecular formula is C10H12ClN3O. The fraction of sp³-hybridized carbons (Fsp3) is 0.300. The Balaban J connectivity index is 2.25. The molecule has 0 aliphatic heterocycles. The molecule has 2 unspecified atom stereocenters. The van der Waals surface area contributed by atoms with Gasteiger partial charge in [0.15, 0.2) is 0 Å². The van der Waals surface area contributed by atoms with Crippen LogP contribution in [0.25, 0.3) is 0 Å². The number of benzene rings is 1. The zero-order chi connectivity index (χ0) is 11.0. The van der Waals surface area contributed by atoms with Crippen LogP contribution in [0.1, 0.15) is 16.8 Å². The van der Waals surface area contributed by atoms with Gasteiger partial charge in [-0.2, -0.15) is 0 Å². The van der Waals surface area contributed by atoms with E-state index in [2.05, 4.69) is 5.32 Å². The third-order valence-corrected chi connectivity index (χ3v) is 2.66.